The van der Waals surface area contributed by atoms with E-state index < -0.39 is 0 Å². The van der Waals surface area contributed by atoms with Gasteiger partial charge in [-0.25, -0.2) is 0 Å². The molecule has 0 aliphatic rings. The summed E-state index contributed by atoms with van der Waals surface area (Å²) in [5.41, 5.74) is 5.18. The summed E-state index contributed by atoms with van der Waals surface area (Å²) in [6.45, 7) is 8.80. The lowest BCUT2D eigenvalue weighted by Gasteiger charge is -2.25. The third-order valence-electron chi connectivity index (χ3n) is 5.67. The van der Waals surface area contributed by atoms with Crippen LogP contribution in [0.3, 0.4) is 0 Å². The van der Waals surface area contributed by atoms with Crippen molar-refractivity contribution in [3.8, 4) is 11.4 Å². The van der Waals surface area contributed by atoms with Gasteiger partial charge in [-0.15, -0.1) is 0 Å². The number of halogens is 2. The minimum absolute atomic E-state index is 0.342. The third kappa shape index (κ3) is 4.92. The molecule has 0 spiro atoms. The quantitative estimate of drug-likeness (QED) is 0.288. The molecule has 4 aromatic rings. The highest BCUT2D eigenvalue weighted by atomic mass is 35.5. The van der Waals surface area contributed by atoms with Crippen LogP contribution in [0.1, 0.15) is 68.2 Å². The van der Waals surface area contributed by atoms with Gasteiger partial charge in [-0.05, 0) is 40.7 Å². The van der Waals surface area contributed by atoms with Gasteiger partial charge in [0.15, 0.2) is 0 Å². The third-order valence-corrected chi connectivity index (χ3v) is 6.30. The fourth-order valence-electron chi connectivity index (χ4n) is 3.96. The molecule has 0 radical (unpaired) electrons. The molecule has 170 valence electrons. The van der Waals surface area contributed by atoms with E-state index in [1.54, 1.807) is 18.2 Å². The van der Waals surface area contributed by atoms with Gasteiger partial charge >= 0.3 is 0 Å². The summed E-state index contributed by atoms with van der Waals surface area (Å²) in [6.07, 6.45) is 0. The molecule has 1 heterocycles. The lowest BCUT2D eigenvalue weighted by Crippen LogP contribution is -2.16. The number of aromatic nitrogens is 2. The molecule has 1 N–H and O–H groups in total. The second-order valence-electron chi connectivity index (χ2n) is 8.66. The fraction of sp³-hybridized carbons (Fsp3) is 0.259. The van der Waals surface area contributed by atoms with Crippen LogP contribution in [0.25, 0.3) is 11.4 Å². The largest absolute Gasteiger partial charge is 0.370 e. The zero-order valence-electron chi connectivity index (χ0n) is 19.1. The van der Waals surface area contributed by atoms with Crippen molar-refractivity contribution >= 4 is 28.9 Å². The zero-order chi connectivity index (χ0) is 23.5. The van der Waals surface area contributed by atoms with E-state index in [0.717, 1.165) is 11.3 Å². The monoisotopic (exact) mass is 479 g/mol. The molecule has 0 bridgehead atoms. The number of para-hydroxylation sites is 1. The Labute approximate surface area is 204 Å². The number of nitrogens with one attached hydrogen (secondary N) is 1. The van der Waals surface area contributed by atoms with Crippen molar-refractivity contribution in [3.05, 3.63) is 99.4 Å². The van der Waals surface area contributed by atoms with Gasteiger partial charge in [0.1, 0.15) is 6.04 Å². The van der Waals surface area contributed by atoms with Crippen molar-refractivity contribution in [1.29, 1.82) is 0 Å². The van der Waals surface area contributed by atoms with E-state index in [2.05, 4.69) is 68.5 Å². The fourth-order valence-corrected chi connectivity index (χ4v) is 4.53. The van der Waals surface area contributed by atoms with Crippen molar-refractivity contribution in [2.45, 2.75) is 45.6 Å². The topological polar surface area (TPSA) is 51.0 Å². The number of rotatable bonds is 7. The lowest BCUT2D eigenvalue weighted by molar-refractivity contribution is 0.372. The van der Waals surface area contributed by atoms with E-state index >= 15 is 0 Å². The highest BCUT2D eigenvalue weighted by Crippen LogP contribution is 2.38. The molecule has 4 rings (SSSR count). The molecular weight excluding hydrogens is 453 g/mol. The van der Waals surface area contributed by atoms with Crippen molar-refractivity contribution in [2.75, 3.05) is 5.32 Å². The molecule has 0 fully saturated rings. The minimum atomic E-state index is -0.342. The SMILES string of the molecule is CC(C)c1cccc(C(C)C)c1NC(c1ccccc1)c1nc(-c2c(Cl)cccc2Cl)no1. The van der Waals surface area contributed by atoms with Crippen LogP contribution in [-0.2, 0) is 0 Å². The van der Waals surface area contributed by atoms with E-state index in [1.165, 1.54) is 11.1 Å². The predicted octanol–water partition coefficient (Wildman–Crippen LogP) is 8.49. The molecule has 0 aliphatic carbocycles. The average Bonchev–Trinajstić information content (AvgIpc) is 3.27. The number of hydrogen-bond acceptors (Lipinski definition) is 4. The Balaban J connectivity index is 1.83. The first-order chi connectivity index (χ1) is 15.9. The summed E-state index contributed by atoms with van der Waals surface area (Å²) in [5.74, 6) is 1.51. The molecule has 3 aromatic carbocycles. The van der Waals surface area contributed by atoms with Crippen LogP contribution in [0.4, 0.5) is 5.69 Å². The summed E-state index contributed by atoms with van der Waals surface area (Å²) in [6, 6.07) is 21.5. The Morgan fingerprint density at radius 1 is 0.758 bits per heavy atom. The van der Waals surface area contributed by atoms with Gasteiger partial charge in [0, 0.05) is 5.69 Å². The molecule has 1 atom stereocenters. The standard InChI is InChI=1S/C27H27Cl2N3O/c1-16(2)19-12-8-13-20(17(3)4)25(19)30-24(18-10-6-5-7-11-18)27-31-26(32-33-27)23-21(28)14-9-15-22(23)29/h5-17,24,30H,1-4H3. The van der Waals surface area contributed by atoms with Gasteiger partial charge in [-0.1, -0.05) is 111 Å². The van der Waals surface area contributed by atoms with Gasteiger partial charge in [-0.3, -0.25) is 0 Å². The van der Waals surface area contributed by atoms with E-state index in [9.17, 15) is 0 Å². The first-order valence-electron chi connectivity index (χ1n) is 11.1. The second-order valence-corrected chi connectivity index (χ2v) is 9.48. The van der Waals surface area contributed by atoms with Gasteiger partial charge in [0.2, 0.25) is 5.82 Å². The van der Waals surface area contributed by atoms with E-state index in [1.807, 2.05) is 18.2 Å². The van der Waals surface area contributed by atoms with Gasteiger partial charge in [-0.2, -0.15) is 4.98 Å². The number of nitrogens with zero attached hydrogens (tertiary/aromatic N) is 2. The van der Waals surface area contributed by atoms with Crippen LogP contribution in [-0.4, -0.2) is 10.1 Å². The molecule has 0 saturated carbocycles. The van der Waals surface area contributed by atoms with Gasteiger partial charge < -0.3 is 9.84 Å². The van der Waals surface area contributed by atoms with Crippen LogP contribution in [0.5, 0.6) is 0 Å². The first-order valence-corrected chi connectivity index (χ1v) is 11.8. The Morgan fingerprint density at radius 3 is 1.91 bits per heavy atom. The highest BCUT2D eigenvalue weighted by Gasteiger charge is 2.26. The number of anilines is 1. The van der Waals surface area contributed by atoms with Crippen LogP contribution < -0.4 is 5.32 Å². The van der Waals surface area contributed by atoms with E-state index in [-0.39, 0.29) is 6.04 Å². The Hall–Kier alpha value is -2.82. The van der Waals surface area contributed by atoms with Crippen LogP contribution >= 0.6 is 23.2 Å². The van der Waals surface area contributed by atoms with Crippen molar-refractivity contribution in [2.24, 2.45) is 0 Å². The van der Waals surface area contributed by atoms with Crippen LogP contribution in [0.2, 0.25) is 10.0 Å². The summed E-state index contributed by atoms with van der Waals surface area (Å²) < 4.78 is 5.78. The molecule has 0 aliphatic heterocycles. The van der Waals surface area contributed by atoms with Gasteiger partial charge in [0.05, 0.1) is 15.6 Å². The molecule has 33 heavy (non-hydrogen) atoms. The Bertz CT molecular complexity index is 1190. The second kappa shape index (κ2) is 9.98. The molecule has 0 saturated heterocycles. The molecule has 6 heteroatoms. The number of benzene rings is 3. The normalized spacial score (nSPS) is 12.4. The molecule has 1 aromatic heterocycles. The molecule has 1 unspecified atom stereocenters. The summed E-state index contributed by atoms with van der Waals surface area (Å²) >= 11 is 12.8. The maximum Gasteiger partial charge on any atom is 0.254 e. The summed E-state index contributed by atoms with van der Waals surface area (Å²) in [5, 5.41) is 8.92. The summed E-state index contributed by atoms with van der Waals surface area (Å²) in [4.78, 5) is 4.71. The Morgan fingerprint density at radius 2 is 1.33 bits per heavy atom. The van der Waals surface area contributed by atoms with Gasteiger partial charge in [0.25, 0.3) is 5.89 Å². The molecular formula is C27H27Cl2N3O. The first kappa shape index (κ1) is 23.3. The molecule has 0 amide bonds. The van der Waals surface area contributed by atoms with Crippen molar-refractivity contribution in [3.63, 3.8) is 0 Å². The Kier molecular flexibility index (Phi) is 7.06. The summed E-state index contributed by atoms with van der Waals surface area (Å²) in [7, 11) is 0. The van der Waals surface area contributed by atoms with Crippen molar-refractivity contribution in [1.82, 2.24) is 10.1 Å². The highest BCUT2D eigenvalue weighted by molar-refractivity contribution is 6.38. The minimum Gasteiger partial charge on any atom is -0.370 e. The lowest BCUT2D eigenvalue weighted by atomic mass is 9.91. The van der Waals surface area contributed by atoms with Crippen LogP contribution in [0, 0.1) is 0 Å². The smallest absolute Gasteiger partial charge is 0.254 e. The van der Waals surface area contributed by atoms with E-state index in [0.29, 0.717) is 39.2 Å². The zero-order valence-corrected chi connectivity index (χ0v) is 20.7. The van der Waals surface area contributed by atoms with Crippen molar-refractivity contribution < 1.29 is 4.52 Å². The maximum atomic E-state index is 6.39. The molecule has 4 nitrogen and oxygen atoms in total. The average molecular weight is 480 g/mol. The van der Waals surface area contributed by atoms with E-state index in [4.69, 9.17) is 32.7 Å². The predicted molar refractivity (Wildman–Crippen MR) is 136 cm³/mol. The van der Waals surface area contributed by atoms with Crippen LogP contribution in [0.15, 0.2) is 71.3 Å². The number of hydrogen-bond donors (Lipinski definition) is 1. The maximum absolute atomic E-state index is 6.39.